The van der Waals surface area contributed by atoms with Crippen LogP contribution in [-0.4, -0.2) is 48.1 Å². The van der Waals surface area contributed by atoms with Gasteiger partial charge in [0.05, 0.1) is 11.9 Å². The number of hydrazine groups is 1. The van der Waals surface area contributed by atoms with Gasteiger partial charge in [0.15, 0.2) is 5.65 Å². The fraction of sp³-hybridized carbons (Fsp3) is 0.231. The van der Waals surface area contributed by atoms with E-state index in [1.165, 1.54) is 6.20 Å². The van der Waals surface area contributed by atoms with Crippen molar-refractivity contribution in [2.75, 3.05) is 0 Å². The largest absolute Gasteiger partial charge is 0.344 e. The second kappa shape index (κ2) is 9.69. The Hall–Kier alpha value is -4.80. The van der Waals surface area contributed by atoms with Crippen molar-refractivity contribution in [3.05, 3.63) is 88.6 Å². The number of hydrogen-bond acceptors (Lipinski definition) is 6. The molecular weight excluding hydrogens is 474 g/mol. The second-order valence-corrected chi connectivity index (χ2v) is 9.07. The number of H-pyrrole nitrogens is 1. The van der Waals surface area contributed by atoms with Gasteiger partial charge < -0.3 is 10.3 Å². The van der Waals surface area contributed by atoms with Crippen molar-refractivity contribution in [3.63, 3.8) is 0 Å². The van der Waals surface area contributed by atoms with Crippen molar-refractivity contribution in [3.8, 4) is 5.69 Å². The van der Waals surface area contributed by atoms with Gasteiger partial charge in [-0.25, -0.2) is 14.5 Å². The first-order chi connectivity index (χ1) is 17.8. The molecule has 0 radical (unpaired) electrons. The van der Waals surface area contributed by atoms with Crippen molar-refractivity contribution in [2.24, 2.45) is 0 Å². The van der Waals surface area contributed by atoms with E-state index in [0.29, 0.717) is 23.9 Å². The maximum atomic E-state index is 13.0. The molecule has 0 aliphatic carbocycles. The molecule has 1 fully saturated rings. The molecule has 1 unspecified atom stereocenters. The van der Waals surface area contributed by atoms with Crippen LogP contribution in [-0.2, 0) is 22.4 Å². The zero-order valence-corrected chi connectivity index (χ0v) is 20.1. The molecule has 3 heterocycles. The Labute approximate surface area is 211 Å². The van der Waals surface area contributed by atoms with Gasteiger partial charge in [0.2, 0.25) is 5.91 Å². The van der Waals surface area contributed by atoms with E-state index in [2.05, 4.69) is 25.8 Å². The first-order valence-corrected chi connectivity index (χ1v) is 11.9. The van der Waals surface area contributed by atoms with Crippen LogP contribution < -0.4 is 16.3 Å². The van der Waals surface area contributed by atoms with Crippen LogP contribution in [0.2, 0.25) is 0 Å². The van der Waals surface area contributed by atoms with Crippen molar-refractivity contribution >= 4 is 28.9 Å². The number of fused-ring (bicyclic) bond motifs is 1. The van der Waals surface area contributed by atoms with E-state index >= 15 is 0 Å². The predicted molar refractivity (Wildman–Crippen MR) is 134 cm³/mol. The van der Waals surface area contributed by atoms with Gasteiger partial charge in [-0.3, -0.25) is 19.8 Å². The molecule has 4 aromatic rings. The summed E-state index contributed by atoms with van der Waals surface area (Å²) in [4.78, 5) is 57.7. The van der Waals surface area contributed by atoms with Crippen LogP contribution in [0.25, 0.3) is 16.7 Å². The number of rotatable bonds is 8. The fourth-order valence-electron chi connectivity index (χ4n) is 4.25. The molecule has 11 nitrogen and oxygen atoms in total. The molecule has 0 saturated carbocycles. The second-order valence-electron chi connectivity index (χ2n) is 9.07. The molecular formula is C26H25N7O4. The summed E-state index contributed by atoms with van der Waals surface area (Å²) in [5.74, 6) is -0.799. The lowest BCUT2D eigenvalue weighted by atomic mass is 9.93. The highest BCUT2D eigenvalue weighted by Gasteiger charge is 2.48. The number of amides is 4. The van der Waals surface area contributed by atoms with E-state index in [4.69, 9.17) is 0 Å². The lowest BCUT2D eigenvalue weighted by Crippen LogP contribution is -2.49. The molecule has 3 N–H and O–H groups in total. The third kappa shape index (κ3) is 4.83. The van der Waals surface area contributed by atoms with E-state index in [-0.39, 0.29) is 24.2 Å². The lowest BCUT2D eigenvalue weighted by Gasteiger charge is -2.21. The number of carbonyl (C=O) groups excluding carboxylic acids is 3. The van der Waals surface area contributed by atoms with E-state index in [0.717, 1.165) is 16.3 Å². The molecule has 0 spiro atoms. The van der Waals surface area contributed by atoms with Gasteiger partial charge in [0.1, 0.15) is 16.7 Å². The third-order valence-corrected chi connectivity index (χ3v) is 6.33. The summed E-state index contributed by atoms with van der Waals surface area (Å²) < 4.78 is 1.55. The molecule has 2 aromatic carbocycles. The molecule has 4 amide bonds. The highest BCUT2D eigenvalue weighted by molar-refractivity contribution is 6.07. The minimum absolute atomic E-state index is 0.0892. The number of urea groups is 1. The van der Waals surface area contributed by atoms with Crippen LogP contribution >= 0.6 is 0 Å². The van der Waals surface area contributed by atoms with Crippen molar-refractivity contribution < 1.29 is 14.4 Å². The molecule has 2 aromatic heterocycles. The molecule has 1 aliphatic rings. The van der Waals surface area contributed by atoms with Crippen LogP contribution in [0.4, 0.5) is 4.79 Å². The van der Waals surface area contributed by atoms with Crippen LogP contribution in [0, 0.1) is 0 Å². The first kappa shape index (κ1) is 23.9. The normalized spacial score (nSPS) is 17.3. The highest BCUT2D eigenvalue weighted by atomic mass is 16.2. The molecule has 5 rings (SSSR count). The zero-order chi connectivity index (χ0) is 26.0. The first-order valence-electron chi connectivity index (χ1n) is 11.9. The molecule has 11 heteroatoms. The van der Waals surface area contributed by atoms with Crippen molar-refractivity contribution in [2.45, 2.75) is 38.1 Å². The standard InChI is InChI=1S/C26H25N7O4/c1-26(15-14-17-8-4-2-5-9-17)24(36)33(25(37)30-26)31-21(34)13-12-20-28-22-19(23(35)29-20)16-27-32(22)18-10-6-3-7-11-18/h2-11,16H,12-15H2,1H3,(H,30,37)(H,31,34)(H,28,29,35). The topological polar surface area (TPSA) is 142 Å². The number of benzene rings is 2. The maximum Gasteiger partial charge on any atom is 0.344 e. The van der Waals surface area contributed by atoms with Gasteiger partial charge in [0, 0.05) is 12.8 Å². The number of para-hydroxylation sites is 1. The number of aromatic nitrogens is 4. The summed E-state index contributed by atoms with van der Waals surface area (Å²) in [6, 6.07) is 18.2. The smallest absolute Gasteiger partial charge is 0.322 e. The van der Waals surface area contributed by atoms with Crippen LogP contribution in [0.15, 0.2) is 71.7 Å². The highest BCUT2D eigenvalue weighted by Crippen LogP contribution is 2.22. The molecule has 0 bridgehead atoms. The average Bonchev–Trinajstić information content (AvgIpc) is 3.43. The van der Waals surface area contributed by atoms with E-state index < -0.39 is 23.4 Å². The Bertz CT molecular complexity index is 1530. The minimum atomic E-state index is -1.13. The number of aromatic amines is 1. The van der Waals surface area contributed by atoms with Crippen LogP contribution in [0.3, 0.4) is 0 Å². The number of imide groups is 1. The Morgan fingerprint density at radius 1 is 1.00 bits per heavy atom. The average molecular weight is 500 g/mol. The molecule has 188 valence electrons. The Kier molecular flexibility index (Phi) is 6.26. The Morgan fingerprint density at radius 2 is 1.70 bits per heavy atom. The monoisotopic (exact) mass is 499 g/mol. The molecule has 37 heavy (non-hydrogen) atoms. The van der Waals surface area contributed by atoms with Crippen LogP contribution in [0.1, 0.15) is 31.2 Å². The van der Waals surface area contributed by atoms with Gasteiger partial charge in [0.25, 0.3) is 11.5 Å². The summed E-state index contributed by atoms with van der Waals surface area (Å²) in [5.41, 5.74) is 3.04. The minimum Gasteiger partial charge on any atom is -0.322 e. The van der Waals surface area contributed by atoms with Crippen molar-refractivity contribution in [1.82, 2.24) is 35.5 Å². The van der Waals surface area contributed by atoms with Crippen molar-refractivity contribution in [1.29, 1.82) is 0 Å². The van der Waals surface area contributed by atoms with Gasteiger partial charge in [-0.15, -0.1) is 0 Å². The van der Waals surface area contributed by atoms with Gasteiger partial charge in [-0.2, -0.15) is 10.1 Å². The fourth-order valence-corrected chi connectivity index (χ4v) is 4.25. The Balaban J connectivity index is 1.24. The number of nitrogens with one attached hydrogen (secondary N) is 3. The summed E-state index contributed by atoms with van der Waals surface area (Å²) in [6.07, 6.45) is 2.40. The van der Waals surface area contributed by atoms with Gasteiger partial charge in [-0.1, -0.05) is 48.5 Å². The third-order valence-electron chi connectivity index (χ3n) is 6.33. The van der Waals surface area contributed by atoms with Gasteiger partial charge >= 0.3 is 6.03 Å². The summed E-state index contributed by atoms with van der Waals surface area (Å²) >= 11 is 0. The van der Waals surface area contributed by atoms with Gasteiger partial charge in [-0.05, 0) is 37.5 Å². The zero-order valence-electron chi connectivity index (χ0n) is 20.1. The molecule has 1 aliphatic heterocycles. The van der Waals surface area contributed by atoms with E-state index in [1.807, 2.05) is 60.7 Å². The predicted octanol–water partition coefficient (Wildman–Crippen LogP) is 2.02. The van der Waals surface area contributed by atoms with E-state index in [1.54, 1.807) is 11.6 Å². The van der Waals surface area contributed by atoms with E-state index in [9.17, 15) is 19.2 Å². The molecule has 1 saturated heterocycles. The summed E-state index contributed by atoms with van der Waals surface area (Å²) in [7, 11) is 0. The number of aryl methyl sites for hydroxylation is 2. The number of hydrogen-bond donors (Lipinski definition) is 3. The summed E-state index contributed by atoms with van der Waals surface area (Å²) in [6.45, 7) is 1.64. The Morgan fingerprint density at radius 3 is 2.43 bits per heavy atom. The van der Waals surface area contributed by atoms with Crippen LogP contribution in [0.5, 0.6) is 0 Å². The molecule has 1 atom stereocenters. The summed E-state index contributed by atoms with van der Waals surface area (Å²) in [5, 5.41) is 7.99. The quantitative estimate of drug-likeness (QED) is 0.317. The maximum absolute atomic E-state index is 13.0. The SMILES string of the molecule is CC1(CCc2ccccc2)NC(=O)N(NC(=O)CCc2nc3c(cnn3-c3ccccc3)c(=O)[nH]2)C1=O. The number of carbonyl (C=O) groups is 3. The number of nitrogens with zero attached hydrogens (tertiary/aromatic N) is 4. The lowest BCUT2D eigenvalue weighted by molar-refractivity contribution is -0.138.